The third-order valence-electron chi connectivity index (χ3n) is 7.25. The normalized spacial score (nSPS) is 21.5. The summed E-state index contributed by atoms with van der Waals surface area (Å²) in [5.74, 6) is 1.82. The summed E-state index contributed by atoms with van der Waals surface area (Å²) in [6, 6.07) is 7.63. The third kappa shape index (κ3) is 5.38. The number of carbonyl (C=O) groups excluding carboxylic acids is 1. The Morgan fingerprint density at radius 3 is 2.82 bits per heavy atom. The van der Waals surface area contributed by atoms with Gasteiger partial charge in [-0.1, -0.05) is 0 Å². The van der Waals surface area contributed by atoms with Gasteiger partial charge in [-0.3, -0.25) is 9.48 Å². The van der Waals surface area contributed by atoms with E-state index in [1.807, 2.05) is 17.8 Å². The van der Waals surface area contributed by atoms with Crippen LogP contribution >= 0.6 is 11.8 Å². The van der Waals surface area contributed by atoms with E-state index in [4.69, 9.17) is 9.72 Å². The second-order valence-corrected chi connectivity index (χ2v) is 11.8. The molecule has 4 aromatic rings. The van der Waals surface area contributed by atoms with Crippen LogP contribution in [0.4, 0.5) is 15.8 Å². The lowest BCUT2D eigenvalue weighted by Crippen LogP contribution is -2.54. The predicted octanol–water partition coefficient (Wildman–Crippen LogP) is 4.23. The lowest BCUT2D eigenvalue weighted by atomic mass is 10.0. The quantitative estimate of drug-likeness (QED) is 0.369. The number of hydrogen-bond donors (Lipinski definition) is 2. The summed E-state index contributed by atoms with van der Waals surface area (Å²) >= 11 is 1.93. The second-order valence-electron chi connectivity index (χ2n) is 10.6. The molecule has 0 bridgehead atoms. The molecule has 1 unspecified atom stereocenters. The van der Waals surface area contributed by atoms with Gasteiger partial charge in [0.2, 0.25) is 0 Å². The number of aromatic nitrogens is 4. The number of nitrogens with zero attached hydrogens (tertiary/aromatic N) is 5. The monoisotopic (exact) mass is 549 g/mol. The van der Waals surface area contributed by atoms with Gasteiger partial charge in [-0.05, 0) is 56.0 Å². The van der Waals surface area contributed by atoms with E-state index in [2.05, 4.69) is 39.5 Å². The zero-order valence-corrected chi connectivity index (χ0v) is 23.1. The van der Waals surface area contributed by atoms with Crippen LogP contribution in [0.3, 0.4) is 0 Å². The number of piperazine rings is 1. The molecule has 2 aromatic heterocycles. The first-order chi connectivity index (χ1) is 18.8. The fourth-order valence-corrected chi connectivity index (χ4v) is 6.79. The molecular weight excluding hydrogens is 517 g/mol. The molecule has 0 aliphatic carbocycles. The van der Waals surface area contributed by atoms with Crippen LogP contribution < -0.4 is 20.3 Å². The van der Waals surface area contributed by atoms with E-state index in [1.165, 1.54) is 6.07 Å². The molecule has 2 fully saturated rings. The summed E-state index contributed by atoms with van der Waals surface area (Å²) in [4.78, 5) is 25.1. The summed E-state index contributed by atoms with van der Waals surface area (Å²) < 4.78 is 22.2. The van der Waals surface area contributed by atoms with Crippen molar-refractivity contribution in [2.45, 2.75) is 32.4 Å². The molecule has 1 amide bonds. The first-order valence-corrected chi connectivity index (χ1v) is 14.4. The molecule has 2 saturated heterocycles. The highest BCUT2D eigenvalue weighted by Crippen LogP contribution is 2.32. The number of thioether (sulfide) groups is 1. The number of anilines is 2. The van der Waals surface area contributed by atoms with Crippen LogP contribution in [0.15, 0.2) is 36.7 Å². The summed E-state index contributed by atoms with van der Waals surface area (Å²) in [5.41, 5.74) is 2.48. The lowest BCUT2D eigenvalue weighted by Gasteiger charge is -2.38. The van der Waals surface area contributed by atoms with Crippen molar-refractivity contribution in [1.29, 1.82) is 0 Å². The zero-order chi connectivity index (χ0) is 27.1. The van der Waals surface area contributed by atoms with Crippen LogP contribution in [0.1, 0.15) is 30.6 Å². The molecule has 2 N–H and O–H groups in total. The molecule has 9 nitrogen and oxygen atoms in total. The fraction of sp³-hybridized carbons (Fsp3) is 0.429. The van der Waals surface area contributed by atoms with E-state index in [0.717, 1.165) is 42.1 Å². The number of hydrogen-bond acceptors (Lipinski definition) is 8. The predicted molar refractivity (Wildman–Crippen MR) is 153 cm³/mol. The van der Waals surface area contributed by atoms with Crippen molar-refractivity contribution in [3.05, 3.63) is 48.0 Å². The van der Waals surface area contributed by atoms with Crippen LogP contribution in [0, 0.1) is 11.7 Å². The van der Waals surface area contributed by atoms with Gasteiger partial charge in [0, 0.05) is 72.7 Å². The van der Waals surface area contributed by atoms with E-state index in [0.29, 0.717) is 46.8 Å². The molecule has 2 aliphatic heterocycles. The van der Waals surface area contributed by atoms with Crippen molar-refractivity contribution in [3.63, 3.8) is 0 Å². The van der Waals surface area contributed by atoms with Gasteiger partial charge in [0.05, 0.1) is 17.7 Å². The Kier molecular flexibility index (Phi) is 7.03. The number of halogens is 1. The molecule has 4 heterocycles. The topological polar surface area (TPSA) is 97.2 Å². The van der Waals surface area contributed by atoms with Crippen molar-refractivity contribution in [2.24, 2.45) is 13.0 Å². The van der Waals surface area contributed by atoms with Crippen LogP contribution in [0.5, 0.6) is 6.01 Å². The molecule has 2 aliphatic rings. The van der Waals surface area contributed by atoms with Crippen molar-refractivity contribution < 1.29 is 13.9 Å². The molecule has 39 heavy (non-hydrogen) atoms. The molecule has 204 valence electrons. The zero-order valence-electron chi connectivity index (χ0n) is 22.3. The Morgan fingerprint density at radius 1 is 1.23 bits per heavy atom. The van der Waals surface area contributed by atoms with E-state index in [-0.39, 0.29) is 17.4 Å². The Balaban J connectivity index is 1.36. The largest absolute Gasteiger partial charge is 0.463 e. The van der Waals surface area contributed by atoms with Crippen LogP contribution in [0.2, 0.25) is 0 Å². The number of rotatable bonds is 6. The van der Waals surface area contributed by atoms with Gasteiger partial charge in [-0.15, -0.1) is 0 Å². The number of carbonyl (C=O) groups is 1. The molecule has 11 heteroatoms. The second kappa shape index (κ2) is 10.6. The molecule has 0 saturated carbocycles. The number of ether oxygens (including phenoxy) is 1. The first kappa shape index (κ1) is 25.8. The minimum atomic E-state index is -0.492. The van der Waals surface area contributed by atoms with Crippen LogP contribution in [-0.2, 0) is 7.05 Å². The number of benzene rings is 2. The minimum absolute atomic E-state index is 0.260. The van der Waals surface area contributed by atoms with Crippen LogP contribution in [-0.4, -0.2) is 68.9 Å². The van der Waals surface area contributed by atoms with E-state index < -0.39 is 5.82 Å². The van der Waals surface area contributed by atoms with E-state index >= 15 is 0 Å². The number of amides is 1. The average molecular weight is 550 g/mol. The summed E-state index contributed by atoms with van der Waals surface area (Å²) in [6.45, 7) is 6.53. The van der Waals surface area contributed by atoms with Gasteiger partial charge in [0.15, 0.2) is 5.82 Å². The molecule has 2 aromatic carbocycles. The molecule has 0 radical (unpaired) electrons. The fourth-order valence-electron chi connectivity index (χ4n) is 5.53. The lowest BCUT2D eigenvalue weighted by molar-refractivity contribution is 0.102. The molecule has 6 rings (SSSR count). The maximum atomic E-state index is 14.7. The molecule has 3 atom stereocenters. The van der Waals surface area contributed by atoms with E-state index in [1.54, 1.807) is 36.3 Å². The molecule has 0 spiro atoms. The maximum absolute atomic E-state index is 14.7. The molecular formula is C28H32FN7O2S. The third-order valence-corrected chi connectivity index (χ3v) is 8.49. The van der Waals surface area contributed by atoms with Crippen molar-refractivity contribution in [2.75, 3.05) is 41.4 Å². The Hall–Kier alpha value is -3.44. The summed E-state index contributed by atoms with van der Waals surface area (Å²) in [6.07, 6.45) is 4.59. The van der Waals surface area contributed by atoms with Crippen LogP contribution in [0.25, 0.3) is 21.8 Å². The highest BCUT2D eigenvalue weighted by Gasteiger charge is 2.25. The summed E-state index contributed by atoms with van der Waals surface area (Å²) in [5, 5.41) is 11.9. The van der Waals surface area contributed by atoms with Gasteiger partial charge in [-0.2, -0.15) is 21.8 Å². The maximum Gasteiger partial charge on any atom is 0.316 e. The van der Waals surface area contributed by atoms with Gasteiger partial charge < -0.3 is 20.3 Å². The van der Waals surface area contributed by atoms with Gasteiger partial charge in [-0.25, -0.2) is 9.37 Å². The van der Waals surface area contributed by atoms with Gasteiger partial charge >= 0.3 is 6.01 Å². The van der Waals surface area contributed by atoms with Gasteiger partial charge in [0.25, 0.3) is 5.91 Å². The minimum Gasteiger partial charge on any atom is -0.463 e. The average Bonchev–Trinajstić information content (AvgIpc) is 3.55. The highest BCUT2D eigenvalue weighted by atomic mass is 32.2. The van der Waals surface area contributed by atoms with Crippen molar-refractivity contribution >= 4 is 50.8 Å². The Bertz CT molecular complexity index is 1530. The van der Waals surface area contributed by atoms with Crippen molar-refractivity contribution in [1.82, 2.24) is 25.1 Å². The van der Waals surface area contributed by atoms with E-state index in [9.17, 15) is 9.18 Å². The Morgan fingerprint density at radius 2 is 2.05 bits per heavy atom. The van der Waals surface area contributed by atoms with Gasteiger partial charge in [0.1, 0.15) is 5.52 Å². The first-order valence-electron chi connectivity index (χ1n) is 13.3. The summed E-state index contributed by atoms with van der Waals surface area (Å²) in [7, 11) is 1.73. The number of nitrogens with one attached hydrogen (secondary N) is 2. The Labute approximate surface area is 230 Å². The standard InChI is InChI=1S/C28H32FN7O2S/c1-16-11-36(12-17(2)31-16)24-5-4-21(26-22(24)10-30-28(33-26)38-14-18-6-7-39-15-18)27(37)32-20-8-19-13-35(3)34-25(19)23(29)9-20/h4-5,8-10,13,16-18,31H,6-7,11-12,14-15H2,1-3H3,(H,32,37)/t16-,17+,18?. The highest BCUT2D eigenvalue weighted by molar-refractivity contribution is 7.99. The number of fused-ring (bicyclic) bond motifs is 2. The van der Waals surface area contributed by atoms with Crippen molar-refractivity contribution in [3.8, 4) is 6.01 Å². The number of aryl methyl sites for hydroxylation is 1. The SMILES string of the molecule is C[C@@H]1CN(c2ccc(C(=O)Nc3cc(F)c4nn(C)cc4c3)c3nc(OCC4CCSC4)ncc23)C[C@H](C)N1. The smallest absolute Gasteiger partial charge is 0.316 e.